The van der Waals surface area contributed by atoms with Gasteiger partial charge in [-0.15, -0.1) is 11.3 Å². The number of aliphatic hydroxyl groups excluding tert-OH is 1. The van der Waals surface area contributed by atoms with E-state index in [0.29, 0.717) is 6.42 Å². The van der Waals surface area contributed by atoms with Gasteiger partial charge in [0.15, 0.2) is 0 Å². The molecule has 1 nitrogen and oxygen atoms in total. The minimum Gasteiger partial charge on any atom is -0.387 e. The van der Waals surface area contributed by atoms with Crippen LogP contribution in [0.3, 0.4) is 0 Å². The van der Waals surface area contributed by atoms with Gasteiger partial charge in [0, 0.05) is 20.6 Å². The lowest BCUT2D eigenvalue weighted by Gasteiger charge is -2.10. The maximum Gasteiger partial charge on any atom is 0.0924 e. The third-order valence-corrected chi connectivity index (χ3v) is 4.45. The Morgan fingerprint density at radius 3 is 2.65 bits per heavy atom. The van der Waals surface area contributed by atoms with Crippen molar-refractivity contribution < 1.29 is 5.11 Å². The Bertz CT molecular complexity index is 519. The SMILES string of the molecule is Cc1cc(C)c(C(O)Cc2cccc(Br)c2)s1. The predicted molar refractivity (Wildman–Crippen MR) is 76.6 cm³/mol. The second-order valence-corrected chi connectivity index (χ2v) is 6.46. The standard InChI is InChI=1S/C14H15BrOS/c1-9-6-10(2)17-14(9)13(16)8-11-4-3-5-12(15)7-11/h3-7,13,16H,8H2,1-2H3. The van der Waals surface area contributed by atoms with Crippen molar-refractivity contribution in [3.05, 3.63) is 55.7 Å². The van der Waals surface area contributed by atoms with Crippen molar-refractivity contribution in [3.63, 3.8) is 0 Å². The Kier molecular flexibility index (Phi) is 4.02. The van der Waals surface area contributed by atoms with Crippen LogP contribution in [-0.2, 0) is 6.42 Å². The quantitative estimate of drug-likeness (QED) is 0.890. The second-order valence-electron chi connectivity index (χ2n) is 4.25. The normalized spacial score (nSPS) is 12.7. The van der Waals surface area contributed by atoms with Gasteiger partial charge in [-0.3, -0.25) is 0 Å². The molecule has 0 aliphatic carbocycles. The van der Waals surface area contributed by atoms with Crippen LogP contribution in [0.1, 0.15) is 27.0 Å². The molecule has 0 radical (unpaired) electrons. The molecule has 3 heteroatoms. The van der Waals surface area contributed by atoms with E-state index in [4.69, 9.17) is 0 Å². The molecule has 0 saturated carbocycles. The average Bonchev–Trinajstić information content (AvgIpc) is 2.58. The number of aliphatic hydroxyl groups is 1. The molecule has 0 bridgehead atoms. The summed E-state index contributed by atoms with van der Waals surface area (Å²) < 4.78 is 1.06. The molecule has 2 aromatic rings. The molecule has 1 heterocycles. The summed E-state index contributed by atoms with van der Waals surface area (Å²) >= 11 is 5.13. The maximum absolute atomic E-state index is 10.3. The van der Waals surface area contributed by atoms with Crippen LogP contribution in [0.15, 0.2) is 34.8 Å². The van der Waals surface area contributed by atoms with Crippen LogP contribution in [0.5, 0.6) is 0 Å². The maximum atomic E-state index is 10.3. The van der Waals surface area contributed by atoms with Gasteiger partial charge in [0.2, 0.25) is 0 Å². The van der Waals surface area contributed by atoms with E-state index in [1.165, 1.54) is 10.4 Å². The largest absolute Gasteiger partial charge is 0.387 e. The van der Waals surface area contributed by atoms with Crippen molar-refractivity contribution in [2.24, 2.45) is 0 Å². The Morgan fingerprint density at radius 1 is 1.29 bits per heavy atom. The van der Waals surface area contributed by atoms with E-state index in [-0.39, 0.29) is 0 Å². The number of hydrogen-bond donors (Lipinski definition) is 1. The number of aryl methyl sites for hydroxylation is 2. The molecule has 1 aromatic carbocycles. The summed E-state index contributed by atoms with van der Waals surface area (Å²) in [6.45, 7) is 4.13. The van der Waals surface area contributed by atoms with Gasteiger partial charge in [0.1, 0.15) is 0 Å². The van der Waals surface area contributed by atoms with Gasteiger partial charge in [0.25, 0.3) is 0 Å². The van der Waals surface area contributed by atoms with Crippen molar-refractivity contribution in [1.29, 1.82) is 0 Å². The van der Waals surface area contributed by atoms with Crippen molar-refractivity contribution in [2.45, 2.75) is 26.4 Å². The summed E-state index contributed by atoms with van der Waals surface area (Å²) in [6, 6.07) is 10.2. The highest BCUT2D eigenvalue weighted by molar-refractivity contribution is 9.10. The number of benzene rings is 1. The van der Waals surface area contributed by atoms with E-state index >= 15 is 0 Å². The summed E-state index contributed by atoms with van der Waals surface area (Å²) in [5, 5.41) is 10.3. The summed E-state index contributed by atoms with van der Waals surface area (Å²) in [7, 11) is 0. The minimum absolute atomic E-state index is 0.400. The molecule has 0 fully saturated rings. The number of thiophene rings is 1. The van der Waals surface area contributed by atoms with Gasteiger partial charge in [0.05, 0.1) is 6.10 Å². The zero-order valence-electron chi connectivity index (χ0n) is 9.90. The number of halogens is 1. The van der Waals surface area contributed by atoms with Crippen LogP contribution in [0, 0.1) is 13.8 Å². The Morgan fingerprint density at radius 2 is 2.06 bits per heavy atom. The molecule has 0 saturated heterocycles. The van der Waals surface area contributed by atoms with E-state index < -0.39 is 6.10 Å². The fourth-order valence-electron chi connectivity index (χ4n) is 1.97. The molecule has 0 amide bonds. The molecule has 0 spiro atoms. The third-order valence-electron chi connectivity index (χ3n) is 2.70. The third kappa shape index (κ3) is 3.18. The molecule has 0 aliphatic rings. The first kappa shape index (κ1) is 12.8. The van der Waals surface area contributed by atoms with Crippen LogP contribution >= 0.6 is 27.3 Å². The predicted octanol–water partition coefficient (Wildman–Crippen LogP) is 4.40. The van der Waals surface area contributed by atoms with Crippen LogP contribution < -0.4 is 0 Å². The highest BCUT2D eigenvalue weighted by atomic mass is 79.9. The number of rotatable bonds is 3. The zero-order chi connectivity index (χ0) is 12.4. The lowest BCUT2D eigenvalue weighted by Crippen LogP contribution is -2.00. The summed E-state index contributed by atoms with van der Waals surface area (Å²) in [6.07, 6.45) is 0.267. The van der Waals surface area contributed by atoms with Gasteiger partial charge in [-0.05, 0) is 43.2 Å². The molecule has 2 rings (SSSR count). The van der Waals surface area contributed by atoms with Crippen molar-refractivity contribution in [2.75, 3.05) is 0 Å². The average molecular weight is 311 g/mol. The molecular weight excluding hydrogens is 296 g/mol. The molecule has 1 atom stereocenters. The van der Waals surface area contributed by atoms with Crippen LogP contribution in [0.2, 0.25) is 0 Å². The van der Waals surface area contributed by atoms with E-state index in [1.54, 1.807) is 11.3 Å². The Hall–Kier alpha value is -0.640. The highest BCUT2D eigenvalue weighted by Crippen LogP contribution is 2.29. The summed E-state index contributed by atoms with van der Waals surface area (Å²) in [4.78, 5) is 2.34. The molecular formula is C14H15BrOS. The first-order valence-corrected chi connectivity index (χ1v) is 7.16. The van der Waals surface area contributed by atoms with Crippen molar-refractivity contribution >= 4 is 27.3 Å². The van der Waals surface area contributed by atoms with E-state index in [0.717, 1.165) is 14.9 Å². The molecule has 1 N–H and O–H groups in total. The van der Waals surface area contributed by atoms with Crippen LogP contribution in [0.4, 0.5) is 0 Å². The Balaban J connectivity index is 2.16. The zero-order valence-corrected chi connectivity index (χ0v) is 12.3. The molecule has 0 aliphatic heterocycles. The van der Waals surface area contributed by atoms with Gasteiger partial charge in [-0.25, -0.2) is 0 Å². The highest BCUT2D eigenvalue weighted by Gasteiger charge is 2.14. The Labute approximate surface area is 114 Å². The van der Waals surface area contributed by atoms with Gasteiger partial charge in [-0.1, -0.05) is 28.1 Å². The molecule has 90 valence electrons. The fraction of sp³-hybridized carbons (Fsp3) is 0.286. The van der Waals surface area contributed by atoms with Crippen molar-refractivity contribution in [3.8, 4) is 0 Å². The van der Waals surface area contributed by atoms with E-state index in [9.17, 15) is 5.11 Å². The van der Waals surface area contributed by atoms with Gasteiger partial charge < -0.3 is 5.11 Å². The van der Waals surface area contributed by atoms with Crippen LogP contribution in [0.25, 0.3) is 0 Å². The van der Waals surface area contributed by atoms with Crippen molar-refractivity contribution in [1.82, 2.24) is 0 Å². The molecule has 1 aromatic heterocycles. The minimum atomic E-state index is -0.400. The lowest BCUT2D eigenvalue weighted by molar-refractivity contribution is 0.181. The second kappa shape index (κ2) is 5.34. The smallest absolute Gasteiger partial charge is 0.0924 e. The number of hydrogen-bond acceptors (Lipinski definition) is 2. The fourth-order valence-corrected chi connectivity index (χ4v) is 3.44. The first-order valence-electron chi connectivity index (χ1n) is 5.55. The van der Waals surface area contributed by atoms with E-state index in [1.807, 2.05) is 18.2 Å². The summed E-state index contributed by atoms with van der Waals surface area (Å²) in [5.41, 5.74) is 2.34. The van der Waals surface area contributed by atoms with Gasteiger partial charge >= 0.3 is 0 Å². The molecule has 17 heavy (non-hydrogen) atoms. The first-order chi connectivity index (χ1) is 8.06. The summed E-state index contributed by atoms with van der Waals surface area (Å²) in [5.74, 6) is 0. The molecule has 1 unspecified atom stereocenters. The monoisotopic (exact) mass is 310 g/mol. The van der Waals surface area contributed by atoms with Crippen LogP contribution in [-0.4, -0.2) is 5.11 Å². The lowest BCUT2D eigenvalue weighted by atomic mass is 10.1. The topological polar surface area (TPSA) is 20.2 Å². The van der Waals surface area contributed by atoms with E-state index in [2.05, 4.69) is 41.9 Å². The van der Waals surface area contributed by atoms with Gasteiger partial charge in [-0.2, -0.15) is 0 Å².